The summed E-state index contributed by atoms with van der Waals surface area (Å²) in [4.78, 5) is 14.1. The first-order valence-corrected chi connectivity index (χ1v) is 6.79. The summed E-state index contributed by atoms with van der Waals surface area (Å²) in [5.74, 6) is 0.0579. The molecule has 0 radical (unpaired) electrons. The zero-order chi connectivity index (χ0) is 13.2. The Morgan fingerprint density at radius 1 is 1.33 bits per heavy atom. The van der Waals surface area contributed by atoms with Gasteiger partial charge in [0.1, 0.15) is 0 Å². The average molecular weight is 307 g/mol. The SMILES string of the molecule is CC1(C#N)CCN(C(=O)c2ccc(Br)cc2)CC1. The third-order valence-corrected chi connectivity index (χ3v) is 4.04. The van der Waals surface area contributed by atoms with Crippen molar-refractivity contribution in [1.82, 2.24) is 4.90 Å². The first kappa shape index (κ1) is 13.1. The molecule has 1 fully saturated rings. The van der Waals surface area contributed by atoms with Crippen molar-refractivity contribution in [2.75, 3.05) is 13.1 Å². The molecule has 1 amide bonds. The number of halogens is 1. The Hall–Kier alpha value is -1.34. The van der Waals surface area contributed by atoms with Gasteiger partial charge in [0.05, 0.1) is 11.5 Å². The van der Waals surface area contributed by atoms with Crippen LogP contribution in [0.2, 0.25) is 0 Å². The van der Waals surface area contributed by atoms with Crippen molar-refractivity contribution >= 4 is 21.8 Å². The fraction of sp³-hybridized carbons (Fsp3) is 0.429. The Kier molecular flexibility index (Phi) is 3.72. The van der Waals surface area contributed by atoms with Crippen molar-refractivity contribution in [3.8, 4) is 6.07 Å². The predicted octanol–water partition coefficient (Wildman–Crippen LogP) is 3.21. The minimum absolute atomic E-state index is 0.0579. The van der Waals surface area contributed by atoms with Crippen LogP contribution in [0.25, 0.3) is 0 Å². The number of rotatable bonds is 1. The molecule has 1 aliphatic rings. The summed E-state index contributed by atoms with van der Waals surface area (Å²) in [6.07, 6.45) is 1.51. The molecule has 4 heteroatoms. The monoisotopic (exact) mass is 306 g/mol. The highest BCUT2D eigenvalue weighted by atomic mass is 79.9. The lowest BCUT2D eigenvalue weighted by Crippen LogP contribution is -2.41. The second kappa shape index (κ2) is 5.11. The highest BCUT2D eigenvalue weighted by Gasteiger charge is 2.31. The zero-order valence-corrected chi connectivity index (χ0v) is 11.9. The summed E-state index contributed by atoms with van der Waals surface area (Å²) in [5, 5.41) is 9.06. The smallest absolute Gasteiger partial charge is 0.253 e. The van der Waals surface area contributed by atoms with Gasteiger partial charge in [-0.05, 0) is 44.0 Å². The molecular formula is C14H15BrN2O. The molecule has 2 rings (SSSR count). The molecule has 3 nitrogen and oxygen atoms in total. The van der Waals surface area contributed by atoms with Gasteiger partial charge in [0.2, 0.25) is 0 Å². The van der Waals surface area contributed by atoms with Gasteiger partial charge in [-0.2, -0.15) is 5.26 Å². The fourth-order valence-electron chi connectivity index (χ4n) is 2.09. The molecule has 18 heavy (non-hydrogen) atoms. The van der Waals surface area contributed by atoms with E-state index in [9.17, 15) is 4.79 Å². The van der Waals surface area contributed by atoms with Crippen LogP contribution in [0, 0.1) is 16.7 Å². The van der Waals surface area contributed by atoms with Crippen LogP contribution in [0.4, 0.5) is 0 Å². The third-order valence-electron chi connectivity index (χ3n) is 3.52. The highest BCUT2D eigenvalue weighted by Crippen LogP contribution is 2.30. The molecule has 94 valence electrons. The number of piperidine rings is 1. The van der Waals surface area contributed by atoms with E-state index in [1.54, 1.807) is 0 Å². The van der Waals surface area contributed by atoms with E-state index in [1.807, 2.05) is 36.1 Å². The normalized spacial score (nSPS) is 18.2. The van der Waals surface area contributed by atoms with Gasteiger partial charge in [-0.15, -0.1) is 0 Å². The maximum absolute atomic E-state index is 12.2. The molecule has 0 spiro atoms. The lowest BCUT2D eigenvalue weighted by molar-refractivity contribution is 0.0661. The topological polar surface area (TPSA) is 44.1 Å². The van der Waals surface area contributed by atoms with Crippen LogP contribution in [0.15, 0.2) is 28.7 Å². The summed E-state index contributed by atoms with van der Waals surface area (Å²) in [6, 6.07) is 9.73. The Bertz CT molecular complexity index is 482. The molecule has 0 N–H and O–H groups in total. The maximum atomic E-state index is 12.2. The van der Waals surface area contributed by atoms with Crippen molar-refractivity contribution in [1.29, 1.82) is 5.26 Å². The number of hydrogen-bond acceptors (Lipinski definition) is 2. The zero-order valence-electron chi connectivity index (χ0n) is 10.3. The van der Waals surface area contributed by atoms with Crippen LogP contribution in [-0.2, 0) is 0 Å². The van der Waals surface area contributed by atoms with E-state index in [0.29, 0.717) is 18.7 Å². The molecule has 0 saturated carbocycles. The van der Waals surface area contributed by atoms with E-state index in [4.69, 9.17) is 5.26 Å². The van der Waals surface area contributed by atoms with E-state index < -0.39 is 0 Å². The van der Waals surface area contributed by atoms with Crippen LogP contribution < -0.4 is 0 Å². The largest absolute Gasteiger partial charge is 0.339 e. The Labute approximate surface area is 116 Å². The number of amides is 1. The van der Waals surface area contributed by atoms with Gasteiger partial charge in [-0.1, -0.05) is 15.9 Å². The van der Waals surface area contributed by atoms with Gasteiger partial charge in [-0.3, -0.25) is 4.79 Å². The summed E-state index contributed by atoms with van der Waals surface area (Å²) in [6.45, 7) is 3.30. The predicted molar refractivity (Wildman–Crippen MR) is 73.0 cm³/mol. The van der Waals surface area contributed by atoms with Gasteiger partial charge in [0.15, 0.2) is 0 Å². The summed E-state index contributed by atoms with van der Waals surface area (Å²) in [7, 11) is 0. The number of likely N-dealkylation sites (tertiary alicyclic amines) is 1. The van der Waals surface area contributed by atoms with Gasteiger partial charge < -0.3 is 4.90 Å². The van der Waals surface area contributed by atoms with Crippen LogP contribution in [-0.4, -0.2) is 23.9 Å². The standard InChI is InChI=1S/C14H15BrN2O/c1-14(10-16)6-8-17(9-7-14)13(18)11-2-4-12(15)5-3-11/h2-5H,6-9H2,1H3. The Morgan fingerprint density at radius 3 is 2.39 bits per heavy atom. The molecule has 0 aliphatic carbocycles. The average Bonchev–Trinajstić information content (AvgIpc) is 2.40. The molecule has 0 aromatic heterocycles. The molecule has 0 bridgehead atoms. The lowest BCUT2D eigenvalue weighted by Gasteiger charge is -2.35. The molecule has 1 aromatic carbocycles. The number of benzene rings is 1. The Morgan fingerprint density at radius 2 is 1.89 bits per heavy atom. The number of nitrogens with zero attached hydrogens (tertiary/aromatic N) is 2. The van der Waals surface area contributed by atoms with E-state index >= 15 is 0 Å². The van der Waals surface area contributed by atoms with Crippen LogP contribution in [0.1, 0.15) is 30.1 Å². The third kappa shape index (κ3) is 2.73. The molecule has 0 unspecified atom stereocenters. The van der Waals surface area contributed by atoms with Gasteiger partial charge >= 0.3 is 0 Å². The number of nitriles is 1. The number of carbonyl (C=O) groups excluding carboxylic acids is 1. The highest BCUT2D eigenvalue weighted by molar-refractivity contribution is 9.10. The van der Waals surface area contributed by atoms with Crippen LogP contribution >= 0.6 is 15.9 Å². The van der Waals surface area contributed by atoms with Crippen molar-refractivity contribution < 1.29 is 4.79 Å². The molecule has 0 atom stereocenters. The second-order valence-corrected chi connectivity index (χ2v) is 5.89. The summed E-state index contributed by atoms with van der Waals surface area (Å²) < 4.78 is 0.967. The molecule has 1 saturated heterocycles. The maximum Gasteiger partial charge on any atom is 0.253 e. The Balaban J connectivity index is 2.04. The van der Waals surface area contributed by atoms with Crippen LogP contribution in [0.5, 0.6) is 0 Å². The van der Waals surface area contributed by atoms with Gasteiger partial charge in [0, 0.05) is 23.1 Å². The van der Waals surface area contributed by atoms with Crippen LogP contribution in [0.3, 0.4) is 0 Å². The van der Waals surface area contributed by atoms with E-state index in [1.165, 1.54) is 0 Å². The fourth-order valence-corrected chi connectivity index (χ4v) is 2.35. The van der Waals surface area contributed by atoms with E-state index in [-0.39, 0.29) is 11.3 Å². The molecule has 1 heterocycles. The second-order valence-electron chi connectivity index (χ2n) is 4.97. The van der Waals surface area contributed by atoms with Crippen molar-refractivity contribution in [3.63, 3.8) is 0 Å². The van der Waals surface area contributed by atoms with E-state index in [0.717, 1.165) is 17.3 Å². The van der Waals surface area contributed by atoms with Gasteiger partial charge in [-0.25, -0.2) is 0 Å². The van der Waals surface area contributed by atoms with Gasteiger partial charge in [0.25, 0.3) is 5.91 Å². The molecule has 1 aliphatic heterocycles. The lowest BCUT2D eigenvalue weighted by atomic mass is 9.82. The number of hydrogen-bond donors (Lipinski definition) is 0. The minimum atomic E-state index is -0.267. The molecule has 1 aromatic rings. The summed E-state index contributed by atoms with van der Waals surface area (Å²) in [5.41, 5.74) is 0.440. The first-order valence-electron chi connectivity index (χ1n) is 6.00. The quantitative estimate of drug-likeness (QED) is 0.799. The summed E-state index contributed by atoms with van der Waals surface area (Å²) >= 11 is 3.35. The van der Waals surface area contributed by atoms with Crippen molar-refractivity contribution in [2.24, 2.45) is 5.41 Å². The first-order chi connectivity index (χ1) is 8.54. The van der Waals surface area contributed by atoms with Crippen molar-refractivity contribution in [2.45, 2.75) is 19.8 Å². The molecular weight excluding hydrogens is 292 g/mol. The van der Waals surface area contributed by atoms with Crippen molar-refractivity contribution in [3.05, 3.63) is 34.3 Å². The number of carbonyl (C=O) groups is 1. The minimum Gasteiger partial charge on any atom is -0.339 e. The van der Waals surface area contributed by atoms with E-state index in [2.05, 4.69) is 22.0 Å².